The number of piperidine rings is 1. The van der Waals surface area contributed by atoms with E-state index in [1.165, 1.54) is 16.4 Å². The van der Waals surface area contributed by atoms with Crippen molar-refractivity contribution in [2.45, 2.75) is 36.2 Å². The van der Waals surface area contributed by atoms with Gasteiger partial charge in [-0.05, 0) is 50.6 Å². The standard InChI is InChI=1S/C18H20BrN5O2S/c1-10-21-18-24(22-10)17(26)15(27-18)14(12-3-2-4-13(19)9-12)23-7-5-11(6-8-23)16(20)25/h2-4,9,11,14-15H,5-8H2,1H3,(H2,20,25). The van der Waals surface area contributed by atoms with Crippen molar-refractivity contribution in [1.82, 2.24) is 19.7 Å². The molecule has 1 fully saturated rings. The average molecular weight is 450 g/mol. The quantitative estimate of drug-likeness (QED) is 0.769. The van der Waals surface area contributed by atoms with Gasteiger partial charge in [-0.25, -0.2) is 4.98 Å². The first-order valence-corrected chi connectivity index (χ1v) is 10.5. The van der Waals surface area contributed by atoms with E-state index in [9.17, 15) is 9.59 Å². The number of nitrogens with zero attached hydrogens (tertiary/aromatic N) is 4. The molecule has 0 bridgehead atoms. The lowest BCUT2D eigenvalue weighted by atomic mass is 9.92. The Morgan fingerprint density at radius 3 is 2.74 bits per heavy atom. The maximum absolute atomic E-state index is 13.1. The van der Waals surface area contributed by atoms with Crippen molar-refractivity contribution >= 4 is 39.5 Å². The Morgan fingerprint density at radius 1 is 1.37 bits per heavy atom. The number of rotatable bonds is 4. The number of benzene rings is 1. The van der Waals surface area contributed by atoms with E-state index in [4.69, 9.17) is 5.73 Å². The lowest BCUT2D eigenvalue weighted by Gasteiger charge is -2.38. The summed E-state index contributed by atoms with van der Waals surface area (Å²) in [6, 6.07) is 7.94. The number of amides is 1. The van der Waals surface area contributed by atoms with E-state index >= 15 is 0 Å². The van der Waals surface area contributed by atoms with Gasteiger partial charge in [-0.15, -0.1) is 5.10 Å². The SMILES string of the molecule is Cc1nc2n(n1)C(=O)C(C(c1cccc(Br)c1)N1CCC(C(N)=O)CC1)S2. The maximum atomic E-state index is 13.1. The zero-order valence-electron chi connectivity index (χ0n) is 14.8. The summed E-state index contributed by atoms with van der Waals surface area (Å²) < 4.78 is 2.39. The van der Waals surface area contributed by atoms with E-state index < -0.39 is 0 Å². The topological polar surface area (TPSA) is 94.1 Å². The Morgan fingerprint density at radius 2 is 2.11 bits per heavy atom. The number of nitrogens with two attached hydrogens (primary N) is 1. The number of primary amides is 1. The highest BCUT2D eigenvalue weighted by Crippen LogP contribution is 2.42. The van der Waals surface area contributed by atoms with Gasteiger partial charge in [0, 0.05) is 10.4 Å². The van der Waals surface area contributed by atoms with Crippen LogP contribution in [0.5, 0.6) is 0 Å². The van der Waals surface area contributed by atoms with Crippen LogP contribution in [0.1, 0.15) is 35.1 Å². The number of carbonyl (C=O) groups is 2. The number of fused-ring (bicyclic) bond motifs is 1. The Bertz CT molecular complexity index is 894. The highest BCUT2D eigenvalue weighted by molar-refractivity contribution is 9.10. The van der Waals surface area contributed by atoms with Gasteiger partial charge in [-0.1, -0.05) is 39.8 Å². The Balaban J connectivity index is 1.65. The number of carbonyl (C=O) groups excluding carboxylic acids is 2. The van der Waals surface area contributed by atoms with Crippen molar-refractivity contribution in [2.24, 2.45) is 11.7 Å². The molecular formula is C18H20BrN5O2S. The van der Waals surface area contributed by atoms with Crippen molar-refractivity contribution in [2.75, 3.05) is 13.1 Å². The fourth-order valence-electron chi connectivity index (χ4n) is 3.83. The molecule has 1 saturated heterocycles. The minimum absolute atomic E-state index is 0.0439. The molecule has 0 aliphatic carbocycles. The zero-order chi connectivity index (χ0) is 19.1. The Labute approximate surface area is 169 Å². The van der Waals surface area contributed by atoms with E-state index in [0.29, 0.717) is 23.8 Å². The average Bonchev–Trinajstić information content (AvgIpc) is 3.14. The number of thioether (sulfide) groups is 1. The van der Waals surface area contributed by atoms with E-state index in [1.807, 2.05) is 18.2 Å². The summed E-state index contributed by atoms with van der Waals surface area (Å²) in [6.45, 7) is 3.24. The second-order valence-electron chi connectivity index (χ2n) is 6.94. The number of halogens is 1. The molecule has 27 heavy (non-hydrogen) atoms. The van der Waals surface area contributed by atoms with Crippen molar-refractivity contribution in [1.29, 1.82) is 0 Å². The highest BCUT2D eigenvalue weighted by atomic mass is 79.9. The molecule has 2 aromatic rings. The monoisotopic (exact) mass is 449 g/mol. The third-order valence-electron chi connectivity index (χ3n) is 5.17. The summed E-state index contributed by atoms with van der Waals surface area (Å²) in [5.41, 5.74) is 6.54. The summed E-state index contributed by atoms with van der Waals surface area (Å²) in [7, 11) is 0. The summed E-state index contributed by atoms with van der Waals surface area (Å²) in [4.78, 5) is 31.2. The van der Waals surface area contributed by atoms with E-state index in [2.05, 4.69) is 37.0 Å². The molecule has 0 saturated carbocycles. The predicted octanol–water partition coefficient (Wildman–Crippen LogP) is 2.40. The van der Waals surface area contributed by atoms with Crippen LogP contribution in [-0.4, -0.2) is 49.8 Å². The molecule has 9 heteroatoms. The van der Waals surface area contributed by atoms with Gasteiger partial charge in [0.25, 0.3) is 5.91 Å². The molecule has 1 aromatic heterocycles. The van der Waals surface area contributed by atoms with Crippen LogP contribution < -0.4 is 5.73 Å². The largest absolute Gasteiger partial charge is 0.369 e. The van der Waals surface area contributed by atoms with Gasteiger partial charge >= 0.3 is 0 Å². The summed E-state index contributed by atoms with van der Waals surface area (Å²) in [6.07, 6.45) is 1.43. The van der Waals surface area contributed by atoms with Gasteiger partial charge in [-0.2, -0.15) is 4.68 Å². The molecule has 2 unspecified atom stereocenters. The number of hydrogen-bond donors (Lipinski definition) is 1. The molecule has 0 radical (unpaired) electrons. The molecule has 2 aliphatic heterocycles. The number of likely N-dealkylation sites (tertiary alicyclic amines) is 1. The summed E-state index contributed by atoms with van der Waals surface area (Å²) in [5.74, 6) is 0.235. The molecular weight excluding hydrogens is 430 g/mol. The van der Waals surface area contributed by atoms with Crippen LogP contribution >= 0.6 is 27.7 Å². The fourth-order valence-corrected chi connectivity index (χ4v) is 5.55. The lowest BCUT2D eigenvalue weighted by Crippen LogP contribution is -2.45. The first-order valence-electron chi connectivity index (χ1n) is 8.87. The van der Waals surface area contributed by atoms with E-state index in [0.717, 1.165) is 23.1 Å². The van der Waals surface area contributed by atoms with Crippen LogP contribution in [0.25, 0.3) is 0 Å². The van der Waals surface area contributed by atoms with Crippen LogP contribution in [-0.2, 0) is 4.79 Å². The summed E-state index contributed by atoms with van der Waals surface area (Å²) in [5, 5.41) is 4.57. The molecule has 2 aliphatic rings. The first kappa shape index (κ1) is 18.6. The molecule has 3 heterocycles. The highest BCUT2D eigenvalue weighted by Gasteiger charge is 2.43. The van der Waals surface area contributed by atoms with Gasteiger partial charge < -0.3 is 5.73 Å². The molecule has 1 amide bonds. The molecule has 2 N–H and O–H groups in total. The normalized spacial score (nSPS) is 22.0. The molecule has 4 rings (SSSR count). The van der Waals surface area contributed by atoms with E-state index in [1.54, 1.807) is 6.92 Å². The first-order chi connectivity index (χ1) is 12.9. The third-order valence-corrected chi connectivity index (χ3v) is 6.85. The van der Waals surface area contributed by atoms with Crippen LogP contribution in [0, 0.1) is 12.8 Å². The zero-order valence-corrected chi connectivity index (χ0v) is 17.2. The van der Waals surface area contributed by atoms with Gasteiger partial charge in [0.2, 0.25) is 5.91 Å². The van der Waals surface area contributed by atoms with Crippen LogP contribution in [0.4, 0.5) is 0 Å². The Kier molecular flexibility index (Phi) is 5.09. The molecule has 7 nitrogen and oxygen atoms in total. The lowest BCUT2D eigenvalue weighted by molar-refractivity contribution is -0.123. The fraction of sp³-hybridized carbons (Fsp3) is 0.444. The van der Waals surface area contributed by atoms with Gasteiger partial charge in [0.1, 0.15) is 11.1 Å². The van der Waals surface area contributed by atoms with Crippen LogP contribution in [0.3, 0.4) is 0 Å². The third kappa shape index (κ3) is 3.55. The summed E-state index contributed by atoms with van der Waals surface area (Å²) >= 11 is 5.00. The Hall–Kier alpha value is -1.71. The molecule has 142 valence electrons. The molecule has 0 spiro atoms. The van der Waals surface area contributed by atoms with E-state index in [-0.39, 0.29) is 29.0 Å². The van der Waals surface area contributed by atoms with Crippen molar-refractivity contribution in [3.05, 3.63) is 40.1 Å². The minimum atomic E-state index is -0.319. The second-order valence-corrected chi connectivity index (χ2v) is 8.97. The molecule has 2 atom stereocenters. The van der Waals surface area contributed by atoms with Gasteiger partial charge in [0.15, 0.2) is 5.16 Å². The number of aromatic nitrogens is 3. The maximum Gasteiger partial charge on any atom is 0.264 e. The smallest absolute Gasteiger partial charge is 0.264 e. The van der Waals surface area contributed by atoms with Crippen LogP contribution in [0.15, 0.2) is 33.9 Å². The predicted molar refractivity (Wildman–Crippen MR) is 105 cm³/mol. The molecule has 1 aromatic carbocycles. The van der Waals surface area contributed by atoms with Gasteiger partial charge in [0.05, 0.1) is 6.04 Å². The number of hydrogen-bond acceptors (Lipinski definition) is 6. The number of aryl methyl sites for hydroxylation is 1. The van der Waals surface area contributed by atoms with Crippen LogP contribution in [0.2, 0.25) is 0 Å². The van der Waals surface area contributed by atoms with Crippen molar-refractivity contribution in [3.63, 3.8) is 0 Å². The van der Waals surface area contributed by atoms with Crippen molar-refractivity contribution in [3.8, 4) is 0 Å². The minimum Gasteiger partial charge on any atom is -0.369 e. The van der Waals surface area contributed by atoms with Gasteiger partial charge in [-0.3, -0.25) is 14.5 Å². The second kappa shape index (κ2) is 7.37. The van der Waals surface area contributed by atoms with Crippen molar-refractivity contribution < 1.29 is 9.59 Å².